The second-order valence-electron chi connectivity index (χ2n) is 4.37. The zero-order valence-corrected chi connectivity index (χ0v) is 13.4. The zero-order valence-electron chi connectivity index (χ0n) is 11.0. The number of halogens is 1. The molecule has 0 amide bonds. The SMILES string of the molecule is Nc1ccc(SCc2nnc(-c3ccc(Br)cc3)o2)cc1. The fourth-order valence-electron chi connectivity index (χ4n) is 1.73. The summed E-state index contributed by atoms with van der Waals surface area (Å²) in [7, 11) is 0. The summed E-state index contributed by atoms with van der Waals surface area (Å²) in [5.41, 5.74) is 7.33. The van der Waals surface area contributed by atoms with Crippen LogP contribution in [0, 0.1) is 0 Å². The van der Waals surface area contributed by atoms with Gasteiger partial charge in [0.15, 0.2) is 0 Å². The van der Waals surface area contributed by atoms with Crippen LogP contribution in [0.15, 0.2) is 62.3 Å². The van der Waals surface area contributed by atoms with Gasteiger partial charge in [-0.05, 0) is 48.5 Å². The molecule has 3 rings (SSSR count). The molecule has 21 heavy (non-hydrogen) atoms. The molecule has 6 heteroatoms. The first-order chi connectivity index (χ1) is 10.2. The highest BCUT2D eigenvalue weighted by molar-refractivity contribution is 9.10. The van der Waals surface area contributed by atoms with Crippen LogP contribution in [-0.2, 0) is 5.75 Å². The van der Waals surface area contributed by atoms with E-state index in [0.29, 0.717) is 17.5 Å². The third-order valence-corrected chi connectivity index (χ3v) is 4.33. The van der Waals surface area contributed by atoms with Gasteiger partial charge in [0, 0.05) is 20.6 Å². The lowest BCUT2D eigenvalue weighted by Crippen LogP contribution is -1.84. The monoisotopic (exact) mass is 361 g/mol. The number of nitrogen functional groups attached to an aromatic ring is 1. The first-order valence-electron chi connectivity index (χ1n) is 6.27. The molecule has 0 saturated heterocycles. The van der Waals surface area contributed by atoms with Crippen molar-refractivity contribution in [2.75, 3.05) is 5.73 Å². The highest BCUT2D eigenvalue weighted by atomic mass is 79.9. The molecular weight excluding hydrogens is 350 g/mol. The summed E-state index contributed by atoms with van der Waals surface area (Å²) in [5.74, 6) is 1.78. The van der Waals surface area contributed by atoms with Crippen LogP contribution in [0.5, 0.6) is 0 Å². The molecule has 1 aromatic heterocycles. The average molecular weight is 362 g/mol. The number of aromatic nitrogens is 2. The minimum absolute atomic E-state index is 0.537. The molecule has 4 nitrogen and oxygen atoms in total. The molecule has 0 aliphatic carbocycles. The van der Waals surface area contributed by atoms with Crippen molar-refractivity contribution in [3.8, 4) is 11.5 Å². The molecule has 0 fully saturated rings. The molecule has 0 bridgehead atoms. The van der Waals surface area contributed by atoms with Crippen LogP contribution < -0.4 is 5.73 Å². The van der Waals surface area contributed by atoms with E-state index in [0.717, 1.165) is 20.6 Å². The smallest absolute Gasteiger partial charge is 0.247 e. The topological polar surface area (TPSA) is 64.9 Å². The maximum absolute atomic E-state index is 5.67. The molecule has 0 aliphatic rings. The molecule has 0 spiro atoms. The van der Waals surface area contributed by atoms with Gasteiger partial charge in [0.2, 0.25) is 11.8 Å². The molecule has 0 radical (unpaired) electrons. The summed E-state index contributed by atoms with van der Waals surface area (Å²) >= 11 is 5.03. The van der Waals surface area contributed by atoms with Crippen molar-refractivity contribution in [2.45, 2.75) is 10.6 Å². The van der Waals surface area contributed by atoms with Crippen molar-refractivity contribution in [1.29, 1.82) is 0 Å². The van der Waals surface area contributed by atoms with Gasteiger partial charge in [0.25, 0.3) is 0 Å². The van der Waals surface area contributed by atoms with Gasteiger partial charge in [0.05, 0.1) is 5.75 Å². The predicted octanol–water partition coefficient (Wildman–Crippen LogP) is 4.37. The van der Waals surface area contributed by atoms with Crippen LogP contribution in [-0.4, -0.2) is 10.2 Å². The standard InChI is InChI=1S/C15H12BrN3OS/c16-11-3-1-10(2-4-11)15-19-18-14(20-15)9-21-13-7-5-12(17)6-8-13/h1-8H,9,17H2. The predicted molar refractivity (Wildman–Crippen MR) is 87.8 cm³/mol. The van der Waals surface area contributed by atoms with Gasteiger partial charge >= 0.3 is 0 Å². The summed E-state index contributed by atoms with van der Waals surface area (Å²) in [6, 6.07) is 15.5. The number of hydrogen-bond acceptors (Lipinski definition) is 5. The molecule has 0 unspecified atom stereocenters. The summed E-state index contributed by atoms with van der Waals surface area (Å²) < 4.78 is 6.69. The van der Waals surface area contributed by atoms with Crippen LogP contribution in [0.1, 0.15) is 5.89 Å². The first-order valence-corrected chi connectivity index (χ1v) is 8.05. The molecule has 2 aromatic carbocycles. The number of thioether (sulfide) groups is 1. The molecular formula is C15H12BrN3OS. The van der Waals surface area contributed by atoms with Crippen LogP contribution >= 0.6 is 27.7 Å². The number of nitrogens with zero attached hydrogens (tertiary/aromatic N) is 2. The number of benzene rings is 2. The number of rotatable bonds is 4. The number of nitrogens with two attached hydrogens (primary N) is 1. The number of hydrogen-bond donors (Lipinski definition) is 1. The molecule has 1 heterocycles. The van der Waals surface area contributed by atoms with Crippen molar-refractivity contribution in [3.63, 3.8) is 0 Å². The fraction of sp³-hybridized carbons (Fsp3) is 0.0667. The van der Waals surface area contributed by atoms with Crippen LogP contribution in [0.2, 0.25) is 0 Å². The Balaban J connectivity index is 1.67. The van der Waals surface area contributed by atoms with Gasteiger partial charge in [-0.2, -0.15) is 0 Å². The van der Waals surface area contributed by atoms with Gasteiger partial charge < -0.3 is 10.2 Å². The summed E-state index contributed by atoms with van der Waals surface area (Å²) in [6.45, 7) is 0. The summed E-state index contributed by atoms with van der Waals surface area (Å²) in [4.78, 5) is 1.12. The van der Waals surface area contributed by atoms with Crippen LogP contribution in [0.3, 0.4) is 0 Å². The van der Waals surface area contributed by atoms with E-state index in [1.165, 1.54) is 0 Å². The summed E-state index contributed by atoms with van der Waals surface area (Å²) in [5, 5.41) is 8.15. The third-order valence-electron chi connectivity index (χ3n) is 2.80. The molecule has 0 saturated carbocycles. The maximum atomic E-state index is 5.67. The van der Waals surface area contributed by atoms with Crippen molar-refractivity contribution < 1.29 is 4.42 Å². The lowest BCUT2D eigenvalue weighted by molar-refractivity contribution is 0.528. The molecule has 106 valence electrons. The lowest BCUT2D eigenvalue weighted by Gasteiger charge is -1.99. The Bertz CT molecular complexity index is 725. The zero-order chi connectivity index (χ0) is 14.7. The Kier molecular flexibility index (Phi) is 4.26. The van der Waals surface area contributed by atoms with Gasteiger partial charge in [-0.15, -0.1) is 22.0 Å². The van der Waals surface area contributed by atoms with Crippen molar-refractivity contribution in [1.82, 2.24) is 10.2 Å². The van der Waals surface area contributed by atoms with E-state index in [2.05, 4.69) is 26.1 Å². The van der Waals surface area contributed by atoms with E-state index in [9.17, 15) is 0 Å². The largest absolute Gasteiger partial charge is 0.420 e. The van der Waals surface area contributed by atoms with Gasteiger partial charge in [0.1, 0.15) is 0 Å². The molecule has 0 aliphatic heterocycles. The van der Waals surface area contributed by atoms with Crippen molar-refractivity contribution in [2.24, 2.45) is 0 Å². The van der Waals surface area contributed by atoms with Gasteiger partial charge in [-0.3, -0.25) is 0 Å². The van der Waals surface area contributed by atoms with E-state index >= 15 is 0 Å². The van der Waals surface area contributed by atoms with E-state index in [1.807, 2.05) is 48.5 Å². The lowest BCUT2D eigenvalue weighted by atomic mass is 10.2. The van der Waals surface area contributed by atoms with Gasteiger partial charge in [-0.1, -0.05) is 15.9 Å². The Morgan fingerprint density at radius 2 is 1.71 bits per heavy atom. The van der Waals surface area contributed by atoms with Crippen LogP contribution in [0.25, 0.3) is 11.5 Å². The maximum Gasteiger partial charge on any atom is 0.247 e. The Morgan fingerprint density at radius 3 is 2.43 bits per heavy atom. The molecule has 2 N–H and O–H groups in total. The Hall–Kier alpha value is -1.79. The van der Waals surface area contributed by atoms with Crippen LogP contribution in [0.4, 0.5) is 5.69 Å². The van der Waals surface area contributed by atoms with E-state index in [4.69, 9.17) is 10.2 Å². The molecule has 0 atom stereocenters. The van der Waals surface area contributed by atoms with E-state index in [1.54, 1.807) is 11.8 Å². The minimum atomic E-state index is 0.537. The quantitative estimate of drug-likeness (QED) is 0.551. The van der Waals surface area contributed by atoms with Crippen molar-refractivity contribution in [3.05, 3.63) is 58.9 Å². The Labute approximate surface area is 134 Å². The second-order valence-corrected chi connectivity index (χ2v) is 6.33. The number of anilines is 1. The highest BCUT2D eigenvalue weighted by Gasteiger charge is 2.08. The van der Waals surface area contributed by atoms with E-state index in [-0.39, 0.29) is 0 Å². The fourth-order valence-corrected chi connectivity index (χ4v) is 2.73. The van der Waals surface area contributed by atoms with E-state index < -0.39 is 0 Å². The minimum Gasteiger partial charge on any atom is -0.420 e. The second kappa shape index (κ2) is 6.32. The normalized spacial score (nSPS) is 10.7. The third kappa shape index (κ3) is 3.65. The Morgan fingerprint density at radius 1 is 1.00 bits per heavy atom. The average Bonchev–Trinajstić information content (AvgIpc) is 2.96. The van der Waals surface area contributed by atoms with Gasteiger partial charge in [-0.25, -0.2) is 0 Å². The highest BCUT2D eigenvalue weighted by Crippen LogP contribution is 2.25. The summed E-state index contributed by atoms with van der Waals surface area (Å²) in [6.07, 6.45) is 0. The van der Waals surface area contributed by atoms with Crippen molar-refractivity contribution >= 4 is 33.4 Å². The molecule has 3 aromatic rings. The first kappa shape index (κ1) is 14.2.